The second-order valence-electron chi connectivity index (χ2n) is 11.1. The van der Waals surface area contributed by atoms with Crippen LogP contribution in [0, 0.1) is 0 Å². The van der Waals surface area contributed by atoms with E-state index in [0.717, 1.165) is 56.1 Å². The van der Waals surface area contributed by atoms with Gasteiger partial charge in [0.05, 0.1) is 11.8 Å². The molecule has 2 aromatic carbocycles. The van der Waals surface area contributed by atoms with Crippen LogP contribution in [0.1, 0.15) is 101 Å². The summed E-state index contributed by atoms with van der Waals surface area (Å²) in [5.74, 6) is -0.949. The van der Waals surface area contributed by atoms with Crippen molar-refractivity contribution in [3.8, 4) is 0 Å². The summed E-state index contributed by atoms with van der Waals surface area (Å²) in [6.45, 7) is 3.85. The maximum Gasteiger partial charge on any atom is 0.340 e. The normalized spacial score (nSPS) is 21.0. The van der Waals surface area contributed by atoms with Crippen molar-refractivity contribution in [2.45, 2.75) is 101 Å². The van der Waals surface area contributed by atoms with Gasteiger partial charge in [-0.3, -0.25) is 4.79 Å². The Morgan fingerprint density at radius 3 is 1.87 bits per heavy atom. The molecule has 2 fully saturated rings. The molecule has 0 saturated heterocycles. The van der Waals surface area contributed by atoms with Crippen molar-refractivity contribution in [3.63, 3.8) is 0 Å². The lowest BCUT2D eigenvalue weighted by molar-refractivity contribution is -0.149. The van der Waals surface area contributed by atoms with E-state index in [-0.39, 0.29) is 23.7 Å². The number of nitrogens with one attached hydrogen (secondary N) is 1. The van der Waals surface area contributed by atoms with Crippen molar-refractivity contribution in [1.82, 2.24) is 5.32 Å². The van der Waals surface area contributed by atoms with Gasteiger partial charge in [-0.15, -0.1) is 0 Å². The molecule has 2 aliphatic carbocycles. The number of carboxylic acids is 1. The Hall–Kier alpha value is -3.48. The third-order valence-corrected chi connectivity index (χ3v) is 8.42. The van der Waals surface area contributed by atoms with Crippen molar-refractivity contribution in [1.29, 1.82) is 0 Å². The Balaban J connectivity index is 0.000000181. The van der Waals surface area contributed by atoms with Gasteiger partial charge < -0.3 is 15.2 Å². The van der Waals surface area contributed by atoms with Crippen molar-refractivity contribution in [2.75, 3.05) is 0 Å². The number of carbonyl (C=O) groups excluding carboxylic acids is 2. The topological polar surface area (TPSA) is 105 Å². The molecule has 1 aliphatic heterocycles. The minimum atomic E-state index is -1.07. The number of amides is 1. The molecular formula is C32H40N2O5. The van der Waals surface area contributed by atoms with Gasteiger partial charge in [-0.1, -0.05) is 99.2 Å². The monoisotopic (exact) mass is 532 g/mol. The number of nitrogens with zero attached hydrogens (tertiary/aromatic N) is 1. The van der Waals surface area contributed by atoms with Gasteiger partial charge in [0, 0.05) is 0 Å². The van der Waals surface area contributed by atoms with E-state index >= 15 is 0 Å². The summed E-state index contributed by atoms with van der Waals surface area (Å²) in [5.41, 5.74) is 0.415. The molecule has 5 rings (SSSR count). The molecule has 0 bridgehead atoms. The van der Waals surface area contributed by atoms with E-state index in [9.17, 15) is 19.5 Å². The van der Waals surface area contributed by atoms with E-state index in [1.807, 2.05) is 74.5 Å². The SMILES string of the molecule is C[C@H](C(=O)NC1(C(=O)O)CCCCC1)c1ccccc1.C[C@H](C1=NC2(CCCCC2)C(=O)O1)c1ccccc1. The summed E-state index contributed by atoms with van der Waals surface area (Å²) in [5, 5.41) is 12.3. The maximum absolute atomic E-state index is 12.3. The molecule has 0 unspecified atom stereocenters. The van der Waals surface area contributed by atoms with Crippen molar-refractivity contribution < 1.29 is 24.2 Å². The first-order valence-corrected chi connectivity index (χ1v) is 14.2. The van der Waals surface area contributed by atoms with Crippen molar-refractivity contribution >= 4 is 23.7 Å². The molecule has 0 radical (unpaired) electrons. The van der Waals surface area contributed by atoms with Crippen LogP contribution in [-0.4, -0.2) is 39.9 Å². The Morgan fingerprint density at radius 2 is 1.33 bits per heavy atom. The van der Waals surface area contributed by atoms with Gasteiger partial charge >= 0.3 is 11.9 Å². The lowest BCUT2D eigenvalue weighted by Gasteiger charge is -2.34. The highest BCUT2D eigenvalue weighted by Crippen LogP contribution is 2.38. The van der Waals surface area contributed by atoms with Gasteiger partial charge in [-0.25, -0.2) is 14.6 Å². The van der Waals surface area contributed by atoms with Crippen LogP contribution in [0.3, 0.4) is 0 Å². The van der Waals surface area contributed by atoms with E-state index in [1.54, 1.807) is 0 Å². The fraction of sp³-hybridized carbons (Fsp3) is 0.500. The zero-order valence-electron chi connectivity index (χ0n) is 23.0. The lowest BCUT2D eigenvalue weighted by atomic mass is 9.81. The molecule has 7 nitrogen and oxygen atoms in total. The Labute approximate surface area is 231 Å². The van der Waals surface area contributed by atoms with Crippen molar-refractivity contribution in [3.05, 3.63) is 71.8 Å². The third kappa shape index (κ3) is 6.57. The number of hydrogen-bond donors (Lipinski definition) is 2. The third-order valence-electron chi connectivity index (χ3n) is 8.42. The highest BCUT2D eigenvalue weighted by Gasteiger charge is 2.47. The Morgan fingerprint density at radius 1 is 0.821 bits per heavy atom. The number of cyclic esters (lactones) is 1. The number of ether oxygens (including phenoxy) is 1. The van der Waals surface area contributed by atoms with Gasteiger partial charge in [0.1, 0.15) is 5.54 Å². The summed E-state index contributed by atoms with van der Waals surface area (Å²) in [4.78, 5) is 40.7. The van der Waals surface area contributed by atoms with Crippen LogP contribution in [0.2, 0.25) is 0 Å². The largest absolute Gasteiger partial charge is 0.480 e. The fourth-order valence-electron chi connectivity index (χ4n) is 5.78. The number of rotatable bonds is 6. The smallest absolute Gasteiger partial charge is 0.340 e. The van der Waals surface area contributed by atoms with E-state index in [2.05, 4.69) is 10.3 Å². The molecular weight excluding hydrogens is 492 g/mol. The highest BCUT2D eigenvalue weighted by molar-refractivity contribution is 6.02. The summed E-state index contributed by atoms with van der Waals surface area (Å²) in [7, 11) is 0. The van der Waals surface area contributed by atoms with Crippen LogP contribution in [0.15, 0.2) is 65.7 Å². The minimum absolute atomic E-state index is 0.0476. The average molecular weight is 533 g/mol. The first-order chi connectivity index (χ1) is 18.8. The average Bonchev–Trinajstić information content (AvgIpc) is 3.28. The minimum Gasteiger partial charge on any atom is -0.480 e. The Bertz CT molecular complexity index is 1170. The van der Waals surface area contributed by atoms with Gasteiger partial charge in [-0.2, -0.15) is 0 Å². The predicted molar refractivity (Wildman–Crippen MR) is 151 cm³/mol. The number of aliphatic imine (C=N–C) groups is 1. The molecule has 2 atom stereocenters. The van der Waals surface area contributed by atoms with Gasteiger partial charge in [0.15, 0.2) is 5.54 Å². The number of benzene rings is 2. The van der Waals surface area contributed by atoms with Crippen LogP contribution in [0.5, 0.6) is 0 Å². The second kappa shape index (κ2) is 12.6. The molecule has 1 spiro atoms. The maximum atomic E-state index is 12.3. The van der Waals surface area contributed by atoms with Gasteiger partial charge in [0.25, 0.3) is 0 Å². The molecule has 2 saturated carbocycles. The van der Waals surface area contributed by atoms with Gasteiger partial charge in [-0.05, 0) is 50.7 Å². The number of carbonyl (C=O) groups is 3. The highest BCUT2D eigenvalue weighted by atomic mass is 16.6. The number of hydrogen-bond acceptors (Lipinski definition) is 5. The molecule has 3 aliphatic rings. The molecule has 39 heavy (non-hydrogen) atoms. The summed E-state index contributed by atoms with van der Waals surface area (Å²) in [6, 6.07) is 19.5. The second-order valence-corrected chi connectivity index (χ2v) is 11.1. The molecule has 2 N–H and O–H groups in total. The Kier molecular flexibility index (Phi) is 9.20. The zero-order chi connectivity index (χ0) is 27.9. The van der Waals surface area contributed by atoms with Crippen molar-refractivity contribution in [2.24, 2.45) is 4.99 Å². The standard InChI is InChI=1S/C16H21NO3.C16H19NO2/c1-12(13-8-4-2-5-9-13)14(18)17-16(15(19)20)10-6-3-7-11-16;1-12(13-8-4-2-5-9-13)14-17-16(15(18)19-14)10-6-3-7-11-16/h2,4-5,8-9,12H,3,6-7,10-11H2,1H3,(H,17,18)(H,19,20);2,4-5,8-9,12H,3,6-7,10-11H2,1H3/t2*12-/m00/s1. The fourth-order valence-corrected chi connectivity index (χ4v) is 5.78. The van der Waals surface area contributed by atoms with E-state index in [4.69, 9.17) is 4.74 Å². The van der Waals surface area contributed by atoms with Crippen LogP contribution in [-0.2, 0) is 19.1 Å². The molecule has 2 aromatic rings. The first-order valence-electron chi connectivity index (χ1n) is 14.2. The number of esters is 1. The lowest BCUT2D eigenvalue weighted by Crippen LogP contribution is -2.56. The van der Waals surface area contributed by atoms with E-state index < -0.39 is 17.0 Å². The summed E-state index contributed by atoms with van der Waals surface area (Å²) >= 11 is 0. The number of aliphatic carboxylic acids is 1. The van der Waals surface area contributed by atoms with E-state index in [1.165, 1.54) is 6.42 Å². The van der Waals surface area contributed by atoms with Gasteiger partial charge in [0.2, 0.25) is 11.8 Å². The molecule has 0 aromatic heterocycles. The molecule has 1 heterocycles. The van der Waals surface area contributed by atoms with Crippen LogP contribution in [0.4, 0.5) is 0 Å². The zero-order valence-corrected chi connectivity index (χ0v) is 23.0. The summed E-state index contributed by atoms with van der Waals surface area (Å²) < 4.78 is 5.48. The predicted octanol–water partition coefficient (Wildman–Crippen LogP) is 6.14. The molecule has 7 heteroatoms. The van der Waals surface area contributed by atoms with Crippen LogP contribution in [0.25, 0.3) is 0 Å². The van der Waals surface area contributed by atoms with E-state index in [0.29, 0.717) is 18.7 Å². The first kappa shape index (κ1) is 28.5. The quantitative estimate of drug-likeness (QED) is 0.435. The summed E-state index contributed by atoms with van der Waals surface area (Å²) in [6.07, 6.45) is 8.84. The molecule has 208 valence electrons. The van der Waals surface area contributed by atoms with Crippen LogP contribution < -0.4 is 5.32 Å². The number of carboxylic acid groups (broad SMARTS) is 1. The van der Waals surface area contributed by atoms with Crippen LogP contribution >= 0.6 is 0 Å². The molecule has 1 amide bonds.